The minimum Gasteiger partial charge on any atom is -0.491 e. The molecular weight excluding hydrogens is 258 g/mol. The van der Waals surface area contributed by atoms with Crippen molar-refractivity contribution in [1.82, 2.24) is 0 Å². The van der Waals surface area contributed by atoms with E-state index in [1.165, 1.54) is 23.1 Å². The molecule has 2 N–H and O–H groups in total. The third-order valence-corrected chi connectivity index (χ3v) is 3.92. The van der Waals surface area contributed by atoms with E-state index in [0.717, 1.165) is 17.7 Å². The minimum absolute atomic E-state index is 0.0967. The van der Waals surface area contributed by atoms with Gasteiger partial charge in [-0.1, -0.05) is 49.7 Å². The zero-order valence-corrected chi connectivity index (χ0v) is 13.2. The van der Waals surface area contributed by atoms with E-state index < -0.39 is 0 Å². The van der Waals surface area contributed by atoms with Gasteiger partial charge in [-0.05, 0) is 48.6 Å². The van der Waals surface area contributed by atoms with Gasteiger partial charge in [0.2, 0.25) is 0 Å². The zero-order chi connectivity index (χ0) is 15.2. The first-order chi connectivity index (χ1) is 10.1. The molecule has 0 saturated carbocycles. The highest BCUT2D eigenvalue weighted by molar-refractivity contribution is 5.38. The lowest BCUT2D eigenvalue weighted by Crippen LogP contribution is -2.19. The molecule has 21 heavy (non-hydrogen) atoms. The van der Waals surface area contributed by atoms with Crippen molar-refractivity contribution in [2.75, 3.05) is 6.61 Å². The predicted octanol–water partition coefficient (Wildman–Crippen LogP) is 4.33. The van der Waals surface area contributed by atoms with Crippen molar-refractivity contribution in [2.24, 2.45) is 5.73 Å². The molecule has 1 atom stereocenters. The highest BCUT2D eigenvalue weighted by Crippen LogP contribution is 2.22. The van der Waals surface area contributed by atoms with Crippen LogP contribution in [0.4, 0.5) is 0 Å². The highest BCUT2D eigenvalue weighted by atomic mass is 16.5. The SMILES string of the molecule is CCCc1ccc(C(N)COc2cccc(C)c2C)cc1. The molecule has 2 aromatic rings. The molecule has 2 rings (SSSR count). The minimum atomic E-state index is -0.0967. The third kappa shape index (κ3) is 4.08. The van der Waals surface area contributed by atoms with Gasteiger partial charge < -0.3 is 10.5 Å². The van der Waals surface area contributed by atoms with Gasteiger partial charge in [-0.25, -0.2) is 0 Å². The molecule has 2 heteroatoms. The Bertz CT molecular complexity index is 575. The summed E-state index contributed by atoms with van der Waals surface area (Å²) in [6.45, 7) is 6.86. The molecule has 2 nitrogen and oxygen atoms in total. The van der Waals surface area contributed by atoms with Crippen molar-refractivity contribution >= 4 is 0 Å². The summed E-state index contributed by atoms with van der Waals surface area (Å²) in [5.74, 6) is 0.924. The Hall–Kier alpha value is -1.80. The van der Waals surface area contributed by atoms with Gasteiger partial charge in [-0.2, -0.15) is 0 Å². The average molecular weight is 283 g/mol. The van der Waals surface area contributed by atoms with Gasteiger partial charge in [0.25, 0.3) is 0 Å². The number of nitrogens with two attached hydrogens (primary N) is 1. The van der Waals surface area contributed by atoms with Gasteiger partial charge in [-0.15, -0.1) is 0 Å². The van der Waals surface area contributed by atoms with Gasteiger partial charge in [-0.3, -0.25) is 0 Å². The zero-order valence-electron chi connectivity index (χ0n) is 13.2. The van der Waals surface area contributed by atoms with Gasteiger partial charge in [0.15, 0.2) is 0 Å². The van der Waals surface area contributed by atoms with Crippen LogP contribution < -0.4 is 10.5 Å². The summed E-state index contributed by atoms with van der Waals surface area (Å²) >= 11 is 0. The lowest BCUT2D eigenvalue weighted by molar-refractivity contribution is 0.288. The number of benzene rings is 2. The summed E-state index contributed by atoms with van der Waals surface area (Å²) < 4.78 is 5.89. The molecule has 0 heterocycles. The van der Waals surface area contributed by atoms with Crippen LogP contribution in [0.1, 0.15) is 41.6 Å². The molecule has 112 valence electrons. The molecule has 0 amide bonds. The Balaban J connectivity index is 1.98. The maximum atomic E-state index is 6.23. The fourth-order valence-electron chi connectivity index (χ4n) is 2.38. The van der Waals surface area contributed by atoms with E-state index in [0.29, 0.717) is 6.61 Å². The fraction of sp³-hybridized carbons (Fsp3) is 0.368. The molecule has 1 unspecified atom stereocenters. The Labute approximate surface area is 127 Å². The smallest absolute Gasteiger partial charge is 0.122 e. The van der Waals surface area contributed by atoms with E-state index in [1.54, 1.807) is 0 Å². The van der Waals surface area contributed by atoms with E-state index in [2.05, 4.69) is 51.1 Å². The second-order valence-electron chi connectivity index (χ2n) is 5.61. The predicted molar refractivity (Wildman–Crippen MR) is 88.8 cm³/mol. The van der Waals surface area contributed by atoms with E-state index in [4.69, 9.17) is 10.5 Å². The fourth-order valence-corrected chi connectivity index (χ4v) is 2.38. The summed E-state index contributed by atoms with van der Waals surface area (Å²) in [5, 5.41) is 0. The second-order valence-corrected chi connectivity index (χ2v) is 5.61. The lowest BCUT2D eigenvalue weighted by atomic mass is 10.0. The quantitative estimate of drug-likeness (QED) is 0.856. The number of hydrogen-bond acceptors (Lipinski definition) is 2. The Kier molecular flexibility index (Phi) is 5.40. The molecule has 0 aliphatic heterocycles. The summed E-state index contributed by atoms with van der Waals surface area (Å²) in [6, 6.07) is 14.6. The number of aryl methyl sites for hydroxylation is 2. The van der Waals surface area contributed by atoms with Crippen molar-refractivity contribution in [1.29, 1.82) is 0 Å². The number of ether oxygens (including phenoxy) is 1. The summed E-state index contributed by atoms with van der Waals surface area (Å²) in [7, 11) is 0. The number of rotatable bonds is 6. The normalized spacial score (nSPS) is 12.2. The van der Waals surface area contributed by atoms with Crippen LogP contribution in [0.25, 0.3) is 0 Å². The standard InChI is InChI=1S/C19H25NO/c1-4-6-16-9-11-17(12-10-16)18(20)13-21-19-8-5-7-14(2)15(19)3/h5,7-12,18H,4,6,13,20H2,1-3H3. The first-order valence-corrected chi connectivity index (χ1v) is 7.65. The molecule has 0 fully saturated rings. The average Bonchev–Trinajstić information content (AvgIpc) is 2.49. The highest BCUT2D eigenvalue weighted by Gasteiger charge is 2.08. The van der Waals surface area contributed by atoms with E-state index in [1.807, 2.05) is 12.1 Å². The molecule has 0 saturated heterocycles. The van der Waals surface area contributed by atoms with Gasteiger partial charge in [0.1, 0.15) is 12.4 Å². The van der Waals surface area contributed by atoms with Crippen LogP contribution >= 0.6 is 0 Å². The van der Waals surface area contributed by atoms with Crippen molar-refractivity contribution in [3.63, 3.8) is 0 Å². The van der Waals surface area contributed by atoms with Crippen LogP contribution in [-0.2, 0) is 6.42 Å². The molecule has 0 aliphatic carbocycles. The molecule has 0 aliphatic rings. The largest absolute Gasteiger partial charge is 0.491 e. The Morgan fingerprint density at radius 2 is 1.76 bits per heavy atom. The van der Waals surface area contributed by atoms with Crippen molar-refractivity contribution in [3.05, 3.63) is 64.7 Å². The monoisotopic (exact) mass is 283 g/mol. The second kappa shape index (κ2) is 7.28. The van der Waals surface area contributed by atoms with Crippen LogP contribution in [-0.4, -0.2) is 6.61 Å². The molecular formula is C19H25NO. The van der Waals surface area contributed by atoms with Crippen molar-refractivity contribution < 1.29 is 4.74 Å². The number of hydrogen-bond donors (Lipinski definition) is 1. The Morgan fingerprint density at radius 3 is 2.43 bits per heavy atom. The summed E-state index contributed by atoms with van der Waals surface area (Å²) in [6.07, 6.45) is 2.29. The molecule has 0 radical (unpaired) electrons. The van der Waals surface area contributed by atoms with Crippen LogP contribution in [0.2, 0.25) is 0 Å². The first-order valence-electron chi connectivity index (χ1n) is 7.65. The van der Waals surface area contributed by atoms with Gasteiger partial charge in [0, 0.05) is 0 Å². The maximum absolute atomic E-state index is 6.23. The molecule has 2 aromatic carbocycles. The van der Waals surface area contributed by atoms with Crippen LogP contribution in [0, 0.1) is 13.8 Å². The van der Waals surface area contributed by atoms with Gasteiger partial charge >= 0.3 is 0 Å². The first kappa shape index (κ1) is 15.6. The van der Waals surface area contributed by atoms with Crippen LogP contribution in [0.3, 0.4) is 0 Å². The molecule has 0 aromatic heterocycles. The van der Waals surface area contributed by atoms with Gasteiger partial charge in [0.05, 0.1) is 6.04 Å². The summed E-state index contributed by atoms with van der Waals surface area (Å²) in [4.78, 5) is 0. The summed E-state index contributed by atoms with van der Waals surface area (Å²) in [5.41, 5.74) is 11.1. The van der Waals surface area contributed by atoms with E-state index in [9.17, 15) is 0 Å². The van der Waals surface area contributed by atoms with Crippen LogP contribution in [0.15, 0.2) is 42.5 Å². The maximum Gasteiger partial charge on any atom is 0.122 e. The Morgan fingerprint density at radius 1 is 1.05 bits per heavy atom. The van der Waals surface area contributed by atoms with Crippen molar-refractivity contribution in [2.45, 2.75) is 39.7 Å². The third-order valence-electron chi connectivity index (χ3n) is 3.92. The molecule has 0 bridgehead atoms. The van der Waals surface area contributed by atoms with Crippen molar-refractivity contribution in [3.8, 4) is 5.75 Å². The molecule has 0 spiro atoms. The van der Waals surface area contributed by atoms with E-state index in [-0.39, 0.29) is 6.04 Å². The van der Waals surface area contributed by atoms with Crippen LogP contribution in [0.5, 0.6) is 5.75 Å². The van der Waals surface area contributed by atoms with E-state index >= 15 is 0 Å². The topological polar surface area (TPSA) is 35.2 Å². The lowest BCUT2D eigenvalue weighted by Gasteiger charge is -2.16.